The highest BCUT2D eigenvalue weighted by Crippen LogP contribution is 2.49. The second-order valence-electron chi connectivity index (χ2n) is 9.41. The SMILES string of the molecule is CCC(C)Sc1nc2c(c(=O)[nH]1)C(c1cc(I)c(O)c(OC)c1)C1=C(CC(C)(C)CC1=O)N2. The van der Waals surface area contributed by atoms with Crippen molar-refractivity contribution >= 4 is 46.0 Å². The molecule has 1 aromatic carbocycles. The number of fused-ring (bicyclic) bond motifs is 1. The van der Waals surface area contributed by atoms with Crippen LogP contribution in [0.4, 0.5) is 5.82 Å². The quantitative estimate of drug-likeness (QED) is 0.254. The third-order valence-electron chi connectivity index (χ3n) is 6.19. The van der Waals surface area contributed by atoms with Gasteiger partial charge in [-0.1, -0.05) is 39.5 Å². The zero-order valence-corrected chi connectivity index (χ0v) is 22.3. The Morgan fingerprint density at radius 2 is 2.06 bits per heavy atom. The van der Waals surface area contributed by atoms with Crippen LogP contribution in [0.15, 0.2) is 33.4 Å². The minimum Gasteiger partial charge on any atom is -0.504 e. The molecule has 2 aliphatic rings. The lowest BCUT2D eigenvalue weighted by atomic mass is 9.69. The molecule has 7 nitrogen and oxygen atoms in total. The van der Waals surface area contributed by atoms with Crippen LogP contribution >= 0.6 is 34.4 Å². The molecule has 9 heteroatoms. The molecule has 1 aromatic heterocycles. The van der Waals surface area contributed by atoms with E-state index in [0.717, 1.165) is 12.1 Å². The number of ether oxygens (including phenoxy) is 1. The number of methoxy groups -OCH3 is 1. The number of benzene rings is 1. The largest absolute Gasteiger partial charge is 0.504 e. The van der Waals surface area contributed by atoms with E-state index in [0.29, 0.717) is 55.1 Å². The van der Waals surface area contributed by atoms with Crippen molar-refractivity contribution < 1.29 is 14.6 Å². The normalized spacial score (nSPS) is 20.1. The van der Waals surface area contributed by atoms with Crippen LogP contribution in [-0.2, 0) is 4.79 Å². The molecule has 1 aliphatic heterocycles. The Labute approximate surface area is 211 Å². The van der Waals surface area contributed by atoms with Gasteiger partial charge in [0.15, 0.2) is 22.4 Å². The van der Waals surface area contributed by atoms with Crippen molar-refractivity contribution in [2.45, 2.75) is 63.3 Å². The number of halogens is 1. The van der Waals surface area contributed by atoms with Gasteiger partial charge in [0.2, 0.25) is 0 Å². The van der Waals surface area contributed by atoms with Crippen LogP contribution in [0.3, 0.4) is 0 Å². The molecule has 2 aromatic rings. The maximum Gasteiger partial charge on any atom is 0.257 e. The number of phenolic OH excluding ortho intramolecular Hbond substituents is 1. The lowest BCUT2D eigenvalue weighted by Gasteiger charge is -2.38. The number of ketones is 1. The molecule has 33 heavy (non-hydrogen) atoms. The Bertz CT molecular complexity index is 1220. The van der Waals surface area contributed by atoms with Gasteiger partial charge in [-0.2, -0.15) is 0 Å². The molecule has 4 rings (SSSR count). The number of rotatable bonds is 5. The lowest BCUT2D eigenvalue weighted by Crippen LogP contribution is -2.37. The minimum absolute atomic E-state index is 0.0175. The van der Waals surface area contributed by atoms with E-state index in [9.17, 15) is 14.7 Å². The molecule has 0 saturated heterocycles. The standard InChI is InChI=1S/C24H28IN3O4S/c1-6-11(2)33-23-27-21-19(22(31)28-23)17(12-7-13(25)20(30)16(8-12)32-5)18-14(26-21)9-24(3,4)10-15(18)29/h7-8,11,17,30H,6,9-10H2,1-5H3,(H2,26,27,28,31). The van der Waals surface area contributed by atoms with E-state index in [2.05, 4.69) is 38.0 Å². The zero-order chi connectivity index (χ0) is 24.1. The summed E-state index contributed by atoms with van der Waals surface area (Å²) in [6.45, 7) is 8.33. The Kier molecular flexibility index (Phi) is 6.56. The fourth-order valence-corrected chi connectivity index (χ4v) is 5.94. The number of Topliss-reactive ketones (excluding diaryl/α,β-unsaturated/α-hetero) is 1. The van der Waals surface area contributed by atoms with E-state index in [1.54, 1.807) is 12.1 Å². The van der Waals surface area contributed by atoms with Crippen molar-refractivity contribution in [3.8, 4) is 11.5 Å². The van der Waals surface area contributed by atoms with Gasteiger partial charge in [-0.15, -0.1) is 0 Å². The summed E-state index contributed by atoms with van der Waals surface area (Å²) in [5.74, 6) is 0.247. The fourth-order valence-electron chi connectivity index (χ4n) is 4.47. The number of nitrogens with zero attached hydrogens (tertiary/aromatic N) is 1. The molecule has 0 radical (unpaired) electrons. The molecular weight excluding hydrogens is 553 g/mol. The number of phenols is 1. The molecule has 176 valence electrons. The van der Waals surface area contributed by atoms with Gasteiger partial charge in [0, 0.05) is 28.9 Å². The van der Waals surface area contributed by atoms with E-state index in [1.807, 2.05) is 22.6 Å². The van der Waals surface area contributed by atoms with E-state index in [1.165, 1.54) is 18.9 Å². The first kappa shape index (κ1) is 24.1. The molecule has 0 spiro atoms. The summed E-state index contributed by atoms with van der Waals surface area (Å²) in [5, 5.41) is 14.6. The Hall–Kier alpha value is -2.01. The maximum absolute atomic E-state index is 13.4. The van der Waals surface area contributed by atoms with Crippen molar-refractivity contribution in [2.24, 2.45) is 5.41 Å². The first-order valence-corrected chi connectivity index (χ1v) is 12.9. The molecule has 3 N–H and O–H groups in total. The van der Waals surface area contributed by atoms with Gasteiger partial charge < -0.3 is 20.1 Å². The number of H-pyrrole nitrogens is 1. The number of hydrogen-bond acceptors (Lipinski definition) is 7. The number of thioether (sulfide) groups is 1. The third-order valence-corrected chi connectivity index (χ3v) is 8.17. The highest BCUT2D eigenvalue weighted by atomic mass is 127. The number of anilines is 1. The van der Waals surface area contributed by atoms with Gasteiger partial charge in [0.1, 0.15) is 5.82 Å². The topological polar surface area (TPSA) is 104 Å². The molecule has 2 heterocycles. The molecule has 2 atom stereocenters. The Morgan fingerprint density at radius 3 is 2.73 bits per heavy atom. The van der Waals surface area contributed by atoms with E-state index in [4.69, 9.17) is 9.72 Å². The summed E-state index contributed by atoms with van der Waals surface area (Å²) in [6, 6.07) is 3.51. The highest BCUT2D eigenvalue weighted by Gasteiger charge is 2.42. The van der Waals surface area contributed by atoms with Gasteiger partial charge in [0.05, 0.1) is 16.2 Å². The van der Waals surface area contributed by atoms with E-state index < -0.39 is 5.92 Å². The van der Waals surface area contributed by atoms with Crippen LogP contribution in [0.25, 0.3) is 0 Å². The van der Waals surface area contributed by atoms with Gasteiger partial charge in [0.25, 0.3) is 5.56 Å². The average molecular weight is 581 g/mol. The fraction of sp³-hybridized carbons (Fsp3) is 0.458. The average Bonchev–Trinajstić information content (AvgIpc) is 2.73. The molecule has 0 bridgehead atoms. The van der Waals surface area contributed by atoms with Crippen LogP contribution < -0.4 is 15.6 Å². The monoisotopic (exact) mass is 581 g/mol. The van der Waals surface area contributed by atoms with Crippen LogP contribution in [0.2, 0.25) is 0 Å². The summed E-state index contributed by atoms with van der Waals surface area (Å²) < 4.78 is 5.95. The molecule has 0 amide bonds. The minimum atomic E-state index is -0.596. The van der Waals surface area contributed by atoms with Crippen LogP contribution in [-0.4, -0.2) is 33.2 Å². The summed E-state index contributed by atoms with van der Waals surface area (Å²) in [6.07, 6.45) is 2.03. The Balaban J connectivity index is 1.96. The first-order valence-electron chi connectivity index (χ1n) is 10.9. The number of carbonyl (C=O) groups is 1. The van der Waals surface area contributed by atoms with Crippen molar-refractivity contribution in [2.75, 3.05) is 12.4 Å². The number of aromatic nitrogens is 2. The molecule has 0 fully saturated rings. The number of hydrogen-bond donors (Lipinski definition) is 3. The summed E-state index contributed by atoms with van der Waals surface area (Å²) in [5.41, 5.74) is 2.08. The number of carbonyl (C=O) groups excluding carboxylic acids is 1. The van der Waals surface area contributed by atoms with Crippen LogP contribution in [0, 0.1) is 8.99 Å². The van der Waals surface area contributed by atoms with Crippen LogP contribution in [0.5, 0.6) is 11.5 Å². The second kappa shape index (κ2) is 8.98. The lowest BCUT2D eigenvalue weighted by molar-refractivity contribution is -0.118. The van der Waals surface area contributed by atoms with Gasteiger partial charge in [-0.3, -0.25) is 9.59 Å². The second-order valence-corrected chi connectivity index (χ2v) is 12.0. The predicted octanol–water partition coefficient (Wildman–Crippen LogP) is 5.18. The molecule has 2 unspecified atom stereocenters. The molecule has 1 aliphatic carbocycles. The maximum atomic E-state index is 13.4. The van der Waals surface area contributed by atoms with E-state index in [-0.39, 0.29) is 22.5 Å². The van der Waals surface area contributed by atoms with E-state index >= 15 is 0 Å². The number of allylic oxidation sites excluding steroid dienone is 2. The predicted molar refractivity (Wildman–Crippen MR) is 138 cm³/mol. The summed E-state index contributed by atoms with van der Waals surface area (Å²) in [4.78, 5) is 34.5. The van der Waals surface area contributed by atoms with Crippen LogP contribution in [0.1, 0.15) is 64.0 Å². The number of nitrogens with one attached hydrogen (secondary N) is 2. The summed E-state index contributed by atoms with van der Waals surface area (Å²) >= 11 is 3.56. The number of aromatic hydroxyl groups is 1. The molecule has 0 saturated carbocycles. The smallest absolute Gasteiger partial charge is 0.257 e. The number of aromatic amines is 1. The van der Waals surface area contributed by atoms with Gasteiger partial charge in [-0.25, -0.2) is 4.98 Å². The molecular formula is C24H28IN3O4S. The summed E-state index contributed by atoms with van der Waals surface area (Å²) in [7, 11) is 1.48. The highest BCUT2D eigenvalue weighted by molar-refractivity contribution is 14.1. The van der Waals surface area contributed by atoms with Crippen molar-refractivity contribution in [1.29, 1.82) is 0 Å². The van der Waals surface area contributed by atoms with Crippen molar-refractivity contribution in [3.05, 3.63) is 48.5 Å². The zero-order valence-electron chi connectivity index (χ0n) is 19.3. The van der Waals surface area contributed by atoms with Gasteiger partial charge >= 0.3 is 0 Å². The first-order chi connectivity index (χ1) is 15.5. The third kappa shape index (κ3) is 4.53. The Morgan fingerprint density at radius 1 is 1.33 bits per heavy atom. The van der Waals surface area contributed by atoms with Crippen molar-refractivity contribution in [3.63, 3.8) is 0 Å². The van der Waals surface area contributed by atoms with Crippen molar-refractivity contribution in [1.82, 2.24) is 9.97 Å². The van der Waals surface area contributed by atoms with Gasteiger partial charge in [-0.05, 0) is 58.5 Å².